The molecule has 0 amide bonds. The lowest BCUT2D eigenvalue weighted by Crippen LogP contribution is -2.23. The van der Waals surface area contributed by atoms with Crippen molar-refractivity contribution in [2.75, 3.05) is 0 Å². The van der Waals surface area contributed by atoms with Crippen LogP contribution in [0.25, 0.3) is 11.1 Å². The van der Waals surface area contributed by atoms with Crippen molar-refractivity contribution < 1.29 is 18.1 Å². The summed E-state index contributed by atoms with van der Waals surface area (Å²) >= 11 is 0. The number of benzene rings is 6. The van der Waals surface area contributed by atoms with Crippen LogP contribution in [0.5, 0.6) is 23.0 Å². The van der Waals surface area contributed by atoms with Crippen LogP contribution in [0.4, 0.5) is 0 Å². The van der Waals surface area contributed by atoms with E-state index in [0.29, 0.717) is 0 Å². The Hall–Kier alpha value is -4.62. The first-order chi connectivity index (χ1) is 37.6. The molecule has 0 aromatic heterocycles. The van der Waals surface area contributed by atoms with E-state index in [1.807, 2.05) is 0 Å². The minimum Gasteiger partial charge on any atom is -0.435 e. The fourth-order valence-corrected chi connectivity index (χ4v) is 15.1. The molecule has 6 rings (SSSR count). The molecule has 0 atom stereocenters. The Morgan fingerprint density at radius 3 is 0.573 bits per heavy atom. The number of hydrogen-bond acceptors (Lipinski definition) is 4. The first-order valence-electron chi connectivity index (χ1n) is 30.8. The lowest BCUT2D eigenvalue weighted by Gasteiger charge is -2.34. The predicted octanol–water partition coefficient (Wildman–Crippen LogP) is 22.2. The lowest BCUT2D eigenvalue weighted by molar-refractivity contribution is 0.461. The fourth-order valence-electron chi connectivity index (χ4n) is 12.5. The van der Waals surface area contributed by atoms with Gasteiger partial charge in [0.1, 0.15) is 23.0 Å². The largest absolute Gasteiger partial charge is 0.435 e. The van der Waals surface area contributed by atoms with Crippen LogP contribution >= 0.6 is 16.8 Å². The summed E-state index contributed by atoms with van der Waals surface area (Å²) in [6, 6.07) is 35.8. The molecular weight excluding hydrogens is 1040 g/mol. The van der Waals surface area contributed by atoms with Gasteiger partial charge in [-0.2, -0.15) is 0 Å². The Labute approximate surface area is 503 Å². The van der Waals surface area contributed by atoms with Gasteiger partial charge in [-0.1, -0.05) is 242 Å². The van der Waals surface area contributed by atoms with Crippen LogP contribution in [0, 0.1) is 0 Å². The third-order valence-electron chi connectivity index (χ3n) is 16.0. The van der Waals surface area contributed by atoms with Crippen molar-refractivity contribution in [2.24, 2.45) is 0 Å². The summed E-state index contributed by atoms with van der Waals surface area (Å²) in [7, 11) is -3.34. The van der Waals surface area contributed by atoms with Crippen molar-refractivity contribution in [3.05, 3.63) is 164 Å². The molecule has 0 radical (unpaired) electrons. The molecule has 4 nitrogen and oxygen atoms in total. The Bertz CT molecular complexity index is 2790. The zero-order chi connectivity index (χ0) is 61.7. The van der Waals surface area contributed by atoms with Gasteiger partial charge in [-0.05, 0) is 173 Å². The molecule has 446 valence electrons. The van der Waals surface area contributed by atoms with E-state index in [0.717, 1.165) is 70.4 Å². The van der Waals surface area contributed by atoms with E-state index in [4.69, 9.17) is 18.1 Å². The van der Waals surface area contributed by atoms with Crippen LogP contribution in [0.2, 0.25) is 0 Å². The van der Waals surface area contributed by atoms with Crippen molar-refractivity contribution >= 4 is 27.4 Å². The van der Waals surface area contributed by atoms with Crippen LogP contribution in [0.1, 0.15) is 261 Å². The van der Waals surface area contributed by atoms with E-state index in [9.17, 15) is 0 Å². The molecule has 0 aliphatic heterocycles. The summed E-state index contributed by atoms with van der Waals surface area (Å²) in [6.07, 6.45) is 3.65. The molecule has 0 unspecified atom stereocenters. The van der Waals surface area contributed by atoms with Crippen LogP contribution < -0.4 is 28.7 Å². The van der Waals surface area contributed by atoms with Gasteiger partial charge in [-0.15, -0.1) is 0 Å². The maximum atomic E-state index is 7.45. The molecule has 0 fully saturated rings. The average Bonchev–Trinajstić information content (AvgIpc) is 3.57. The topological polar surface area (TPSA) is 36.9 Å². The highest BCUT2D eigenvalue weighted by Gasteiger charge is 2.36. The van der Waals surface area contributed by atoms with E-state index >= 15 is 0 Å². The van der Waals surface area contributed by atoms with Gasteiger partial charge in [0.2, 0.25) is 0 Å². The molecule has 6 aromatic carbocycles. The normalized spacial score (nSPS) is 13.3. The highest BCUT2D eigenvalue weighted by molar-refractivity contribution is 7.57. The maximum Gasteiger partial charge on any atom is 0.326 e. The summed E-state index contributed by atoms with van der Waals surface area (Å²) in [4.78, 5) is 0. The second kappa shape index (κ2) is 24.4. The Balaban J connectivity index is 1.51. The fraction of sp³-hybridized carbons (Fsp3) is 0.526. The second-order valence-electron chi connectivity index (χ2n) is 31.2. The smallest absolute Gasteiger partial charge is 0.326 e. The van der Waals surface area contributed by atoms with Gasteiger partial charge < -0.3 is 18.1 Å². The molecule has 0 spiro atoms. The standard InChI is InChI=1S/C76H108O4P2/c1-29-53-57(69(5,6)7)41-45-61(65(53)73(17,18)19)77-81(78-62-46-42-58(70(8,9)10)54(30-2)66(62)74(20,21)22)51-37-33-49(34-38-51)50-35-39-52(40-36-50)82(79-63-47-43-59(71(11,12)13)55(31-3)67(63)75(23,24)25)80-64-48-44-60(72(14,15)16)56(32-4)68(64)76(26,27)28/h33-48H,29-32H2,1-28H3. The minimum absolute atomic E-state index is 0.0200. The van der Waals surface area contributed by atoms with Gasteiger partial charge >= 0.3 is 16.8 Å². The molecule has 82 heavy (non-hydrogen) atoms. The second-order valence-corrected chi connectivity index (χ2v) is 34.0. The van der Waals surface area contributed by atoms with Gasteiger partial charge in [0.25, 0.3) is 0 Å². The van der Waals surface area contributed by atoms with Gasteiger partial charge in [0.15, 0.2) is 0 Å². The van der Waals surface area contributed by atoms with Crippen molar-refractivity contribution in [3.8, 4) is 34.1 Å². The summed E-state index contributed by atoms with van der Waals surface area (Å²) < 4.78 is 29.8. The molecule has 6 heteroatoms. The molecule has 0 aliphatic rings. The SMILES string of the molecule is CCc1c(C(C)(C)C)ccc(OP(Oc2ccc(C(C)(C)C)c(CC)c2C(C)(C)C)c2ccc(-c3ccc(P(Oc4ccc(C(C)(C)C)c(CC)c4C(C)(C)C)Oc4ccc(C(C)(C)C)c(CC)c4C(C)(C)C)cc3)cc2)c1C(C)(C)C. The predicted molar refractivity (Wildman–Crippen MR) is 360 cm³/mol. The highest BCUT2D eigenvalue weighted by Crippen LogP contribution is 2.52. The van der Waals surface area contributed by atoms with Crippen LogP contribution in [-0.4, -0.2) is 0 Å². The van der Waals surface area contributed by atoms with E-state index in [-0.39, 0.29) is 43.3 Å². The van der Waals surface area contributed by atoms with E-state index in [1.165, 1.54) is 66.8 Å². The van der Waals surface area contributed by atoms with E-state index < -0.39 is 16.8 Å². The third-order valence-corrected chi connectivity index (χ3v) is 18.8. The number of hydrogen-bond donors (Lipinski definition) is 0. The molecule has 6 aromatic rings. The molecule has 0 N–H and O–H groups in total. The Morgan fingerprint density at radius 1 is 0.244 bits per heavy atom. The first kappa shape index (κ1) is 66.5. The van der Waals surface area contributed by atoms with Crippen molar-refractivity contribution in [1.82, 2.24) is 0 Å². The number of rotatable bonds is 15. The molecule has 0 bridgehead atoms. The highest BCUT2D eigenvalue weighted by atomic mass is 31.2. The van der Waals surface area contributed by atoms with Gasteiger partial charge in [0.05, 0.1) is 10.6 Å². The van der Waals surface area contributed by atoms with Gasteiger partial charge in [-0.3, -0.25) is 0 Å². The molecule has 0 aliphatic carbocycles. The van der Waals surface area contributed by atoms with Gasteiger partial charge in [-0.25, -0.2) is 0 Å². The van der Waals surface area contributed by atoms with Crippen LogP contribution in [0.3, 0.4) is 0 Å². The van der Waals surface area contributed by atoms with Crippen molar-refractivity contribution in [1.29, 1.82) is 0 Å². The quantitative estimate of drug-likeness (QED) is 0.0961. The molecular formula is C76H108O4P2. The summed E-state index contributed by atoms with van der Waals surface area (Å²) in [6.45, 7) is 64.6. The van der Waals surface area contributed by atoms with Crippen LogP contribution in [-0.2, 0) is 69.0 Å². The third kappa shape index (κ3) is 14.9. The molecule has 0 saturated heterocycles. The van der Waals surface area contributed by atoms with E-state index in [1.54, 1.807) is 0 Å². The van der Waals surface area contributed by atoms with Gasteiger partial charge in [0, 0.05) is 22.3 Å². The Kier molecular flexibility index (Phi) is 19.8. The average molecular weight is 1150 g/mol. The maximum absolute atomic E-state index is 7.45. The Morgan fingerprint density at radius 2 is 0.427 bits per heavy atom. The van der Waals surface area contributed by atoms with Crippen molar-refractivity contribution in [3.63, 3.8) is 0 Å². The summed E-state index contributed by atoms with van der Waals surface area (Å²) in [5.41, 5.74) is 17.3. The first-order valence-corrected chi connectivity index (χ1v) is 33.1. The zero-order valence-electron chi connectivity index (χ0n) is 56.6. The lowest BCUT2D eigenvalue weighted by atomic mass is 9.75. The summed E-state index contributed by atoms with van der Waals surface area (Å²) in [5.74, 6) is 3.55. The van der Waals surface area contributed by atoms with Crippen LogP contribution in [0.15, 0.2) is 97.1 Å². The minimum atomic E-state index is -1.67. The molecule has 0 heterocycles. The summed E-state index contributed by atoms with van der Waals surface area (Å²) in [5, 5.41) is 2.02. The zero-order valence-corrected chi connectivity index (χ0v) is 58.4. The monoisotopic (exact) mass is 1150 g/mol. The van der Waals surface area contributed by atoms with Crippen molar-refractivity contribution in [2.45, 2.75) is 263 Å². The molecule has 0 saturated carbocycles. The van der Waals surface area contributed by atoms with E-state index in [2.05, 4.69) is 291 Å².